The molecule has 25 heavy (non-hydrogen) atoms. The number of nitrogens with zero attached hydrogens (tertiary/aromatic N) is 4. The average molecular weight is 339 g/mol. The van der Waals surface area contributed by atoms with E-state index in [1.807, 2.05) is 17.4 Å². The Hall–Kier alpha value is -2.70. The molecule has 7 nitrogen and oxygen atoms in total. The molecular formula is C18H21N5O2. The van der Waals surface area contributed by atoms with Crippen LogP contribution in [0.15, 0.2) is 37.1 Å². The molecule has 0 radical (unpaired) electrons. The van der Waals surface area contributed by atoms with Gasteiger partial charge in [-0.2, -0.15) is 0 Å². The van der Waals surface area contributed by atoms with Gasteiger partial charge < -0.3 is 14.8 Å². The van der Waals surface area contributed by atoms with Crippen LogP contribution in [0.25, 0.3) is 0 Å². The van der Waals surface area contributed by atoms with Crippen LogP contribution in [0.5, 0.6) is 0 Å². The first-order chi connectivity index (χ1) is 12.2. The van der Waals surface area contributed by atoms with E-state index in [9.17, 15) is 9.59 Å². The maximum atomic E-state index is 12.7. The third-order valence-electron chi connectivity index (χ3n) is 4.90. The number of piperidine rings is 1. The maximum absolute atomic E-state index is 12.7. The van der Waals surface area contributed by atoms with Crippen LogP contribution >= 0.6 is 0 Å². The topological polar surface area (TPSA) is 80.1 Å². The minimum Gasteiger partial charge on any atom is -0.338 e. The number of aromatic nitrogens is 3. The van der Waals surface area contributed by atoms with Gasteiger partial charge in [0.25, 0.3) is 5.91 Å². The lowest BCUT2D eigenvalue weighted by atomic mass is 10.0. The fourth-order valence-electron chi connectivity index (χ4n) is 3.24. The number of carbonyl (C=O) groups excluding carboxylic acids is 2. The normalized spacial score (nSPS) is 18.2. The highest BCUT2D eigenvalue weighted by Gasteiger charge is 2.30. The number of imidazole rings is 1. The molecule has 3 heterocycles. The van der Waals surface area contributed by atoms with E-state index in [4.69, 9.17) is 0 Å². The second kappa shape index (κ2) is 6.66. The summed E-state index contributed by atoms with van der Waals surface area (Å²) in [5.74, 6) is 0.561. The van der Waals surface area contributed by atoms with E-state index in [-0.39, 0.29) is 17.7 Å². The van der Waals surface area contributed by atoms with Gasteiger partial charge in [0.15, 0.2) is 0 Å². The number of anilines is 1. The molecule has 4 rings (SSSR count). The molecule has 0 spiro atoms. The van der Waals surface area contributed by atoms with Gasteiger partial charge in [0.1, 0.15) is 5.82 Å². The van der Waals surface area contributed by atoms with Crippen LogP contribution < -0.4 is 5.32 Å². The molecule has 130 valence electrons. The summed E-state index contributed by atoms with van der Waals surface area (Å²) in [6, 6.07) is 3.78. The van der Waals surface area contributed by atoms with Crippen molar-refractivity contribution >= 4 is 17.6 Å². The van der Waals surface area contributed by atoms with Crippen molar-refractivity contribution in [2.75, 3.05) is 18.4 Å². The molecule has 2 aromatic rings. The zero-order valence-electron chi connectivity index (χ0n) is 14.0. The van der Waals surface area contributed by atoms with Crippen molar-refractivity contribution in [3.05, 3.63) is 42.6 Å². The van der Waals surface area contributed by atoms with E-state index < -0.39 is 0 Å². The molecule has 1 aliphatic heterocycles. The van der Waals surface area contributed by atoms with Crippen LogP contribution in [0, 0.1) is 5.92 Å². The minimum atomic E-state index is -0.00611. The highest BCUT2D eigenvalue weighted by Crippen LogP contribution is 2.30. The summed E-state index contributed by atoms with van der Waals surface area (Å²) in [5.41, 5.74) is 0.571. The zero-order valence-corrected chi connectivity index (χ0v) is 14.0. The first-order valence-corrected chi connectivity index (χ1v) is 8.74. The first-order valence-electron chi connectivity index (χ1n) is 8.74. The predicted molar refractivity (Wildman–Crippen MR) is 92.0 cm³/mol. The van der Waals surface area contributed by atoms with Crippen LogP contribution in [0.1, 0.15) is 42.1 Å². The average Bonchev–Trinajstić information content (AvgIpc) is 3.36. The van der Waals surface area contributed by atoms with Gasteiger partial charge in [-0.15, -0.1) is 0 Å². The minimum absolute atomic E-state index is 0.00162. The third kappa shape index (κ3) is 3.55. The van der Waals surface area contributed by atoms with Gasteiger partial charge in [-0.3, -0.25) is 9.59 Å². The van der Waals surface area contributed by atoms with Gasteiger partial charge in [0, 0.05) is 49.2 Å². The van der Waals surface area contributed by atoms with Crippen LogP contribution in [0.4, 0.5) is 5.82 Å². The summed E-state index contributed by atoms with van der Waals surface area (Å²) in [7, 11) is 0. The molecule has 1 N–H and O–H groups in total. The van der Waals surface area contributed by atoms with Gasteiger partial charge in [-0.25, -0.2) is 9.97 Å². The van der Waals surface area contributed by atoms with Crippen LogP contribution in [-0.4, -0.2) is 44.3 Å². The quantitative estimate of drug-likeness (QED) is 0.925. The maximum Gasteiger partial charge on any atom is 0.254 e. The Bertz CT molecular complexity index is 762. The van der Waals surface area contributed by atoms with E-state index in [2.05, 4.69) is 19.9 Å². The Kier molecular flexibility index (Phi) is 4.21. The highest BCUT2D eigenvalue weighted by atomic mass is 16.2. The Labute approximate surface area is 146 Å². The Balaban J connectivity index is 1.38. The lowest BCUT2D eigenvalue weighted by molar-refractivity contribution is -0.117. The predicted octanol–water partition coefficient (Wildman–Crippen LogP) is 2.10. The standard InChI is InChI=1S/C18H21N5O2/c24-17(13-1-2-13)21-16-11-14(3-6-20-16)18(25)22-8-4-15(5-9-22)23-10-7-19-12-23/h3,6-7,10-13,15H,1-2,4-5,8-9H2,(H,20,21,24). The van der Waals surface area contributed by atoms with Gasteiger partial charge in [0.05, 0.1) is 6.33 Å². The molecule has 2 amide bonds. The van der Waals surface area contributed by atoms with Crippen LogP contribution in [-0.2, 0) is 4.79 Å². The fraction of sp³-hybridized carbons (Fsp3) is 0.444. The molecule has 7 heteroatoms. The number of hydrogen-bond donors (Lipinski definition) is 1. The number of nitrogens with one attached hydrogen (secondary N) is 1. The van der Waals surface area contributed by atoms with Gasteiger partial charge in [-0.05, 0) is 37.8 Å². The molecule has 1 saturated carbocycles. The van der Waals surface area contributed by atoms with E-state index in [0.29, 0.717) is 30.5 Å². The molecular weight excluding hydrogens is 318 g/mol. The Morgan fingerprint density at radius 2 is 1.92 bits per heavy atom. The fourth-order valence-corrected chi connectivity index (χ4v) is 3.24. The van der Waals surface area contributed by atoms with E-state index in [0.717, 1.165) is 25.7 Å². The van der Waals surface area contributed by atoms with Crippen LogP contribution in [0.2, 0.25) is 0 Å². The lowest BCUT2D eigenvalue weighted by Crippen LogP contribution is -2.39. The molecule has 1 saturated heterocycles. The van der Waals surface area contributed by atoms with Crippen molar-refractivity contribution in [1.82, 2.24) is 19.4 Å². The van der Waals surface area contributed by atoms with Crippen molar-refractivity contribution in [2.24, 2.45) is 5.92 Å². The van der Waals surface area contributed by atoms with E-state index in [1.165, 1.54) is 0 Å². The Morgan fingerprint density at radius 1 is 1.12 bits per heavy atom. The zero-order chi connectivity index (χ0) is 17.2. The molecule has 0 aromatic carbocycles. The van der Waals surface area contributed by atoms with Gasteiger partial charge >= 0.3 is 0 Å². The number of amides is 2. The number of rotatable bonds is 4. The number of carbonyl (C=O) groups is 2. The molecule has 0 unspecified atom stereocenters. The monoisotopic (exact) mass is 339 g/mol. The second-order valence-corrected chi connectivity index (χ2v) is 6.73. The SMILES string of the molecule is O=C(Nc1cc(C(=O)N2CCC(n3ccnc3)CC2)ccn1)C1CC1. The molecule has 2 aromatic heterocycles. The highest BCUT2D eigenvalue weighted by molar-refractivity contribution is 5.97. The first kappa shape index (κ1) is 15.8. The van der Waals surface area contributed by atoms with Crippen molar-refractivity contribution in [1.29, 1.82) is 0 Å². The summed E-state index contributed by atoms with van der Waals surface area (Å²) in [6.45, 7) is 1.43. The summed E-state index contributed by atoms with van der Waals surface area (Å²) in [4.78, 5) is 34.7. The van der Waals surface area contributed by atoms with Crippen molar-refractivity contribution in [3.63, 3.8) is 0 Å². The number of hydrogen-bond acceptors (Lipinski definition) is 4. The molecule has 1 aliphatic carbocycles. The van der Waals surface area contributed by atoms with E-state index >= 15 is 0 Å². The van der Waals surface area contributed by atoms with Crippen molar-refractivity contribution in [2.45, 2.75) is 31.7 Å². The number of pyridine rings is 1. The van der Waals surface area contributed by atoms with Crippen molar-refractivity contribution in [3.8, 4) is 0 Å². The number of likely N-dealkylation sites (tertiary alicyclic amines) is 1. The summed E-state index contributed by atoms with van der Waals surface area (Å²) in [6.07, 6.45) is 10.9. The summed E-state index contributed by atoms with van der Waals surface area (Å²) in [5, 5.41) is 2.80. The van der Waals surface area contributed by atoms with Crippen LogP contribution in [0.3, 0.4) is 0 Å². The smallest absolute Gasteiger partial charge is 0.254 e. The Morgan fingerprint density at radius 3 is 2.60 bits per heavy atom. The molecule has 2 fully saturated rings. The third-order valence-corrected chi connectivity index (χ3v) is 4.90. The van der Waals surface area contributed by atoms with Crippen molar-refractivity contribution < 1.29 is 9.59 Å². The summed E-state index contributed by atoms with van der Waals surface area (Å²) >= 11 is 0. The van der Waals surface area contributed by atoms with Gasteiger partial charge in [0.2, 0.25) is 5.91 Å². The largest absolute Gasteiger partial charge is 0.338 e. The summed E-state index contributed by atoms with van der Waals surface area (Å²) < 4.78 is 2.11. The molecule has 0 bridgehead atoms. The molecule has 2 aliphatic rings. The second-order valence-electron chi connectivity index (χ2n) is 6.73. The molecule has 0 atom stereocenters. The van der Waals surface area contributed by atoms with E-state index in [1.54, 1.807) is 24.5 Å². The van der Waals surface area contributed by atoms with Gasteiger partial charge in [-0.1, -0.05) is 0 Å². The lowest BCUT2D eigenvalue weighted by Gasteiger charge is -2.32.